The van der Waals surface area contributed by atoms with Gasteiger partial charge in [-0.25, -0.2) is 8.78 Å². The molecule has 0 bridgehead atoms. The number of ether oxygens (including phenoxy) is 1. The Bertz CT molecular complexity index is 1190. The van der Waals surface area contributed by atoms with Crippen LogP contribution in [0, 0.1) is 11.6 Å². The Kier molecular flexibility index (Phi) is 5.18. The van der Waals surface area contributed by atoms with Gasteiger partial charge in [-0.15, -0.1) is 0 Å². The maximum atomic E-state index is 13.3. The monoisotopic (exact) mass is 404 g/mol. The molecule has 1 amide bonds. The smallest absolute Gasteiger partial charge is 0.322 e. The van der Waals surface area contributed by atoms with Crippen LogP contribution in [0.15, 0.2) is 41.2 Å². The summed E-state index contributed by atoms with van der Waals surface area (Å²) in [5, 5.41) is 21.2. The highest BCUT2D eigenvalue weighted by Gasteiger charge is 2.22. The van der Waals surface area contributed by atoms with Crippen molar-refractivity contribution >= 4 is 22.8 Å². The summed E-state index contributed by atoms with van der Waals surface area (Å²) in [4.78, 5) is 35.2. The van der Waals surface area contributed by atoms with Crippen molar-refractivity contribution in [2.75, 3.05) is 6.54 Å². The van der Waals surface area contributed by atoms with Crippen molar-refractivity contribution in [3.8, 4) is 17.2 Å². The van der Waals surface area contributed by atoms with Gasteiger partial charge < -0.3 is 24.8 Å². The number of carboxylic acid groups (broad SMARTS) is 1. The fraction of sp³-hybridized carbons (Fsp3) is 0.105. The van der Waals surface area contributed by atoms with E-state index < -0.39 is 46.9 Å². The molecule has 10 heteroatoms. The van der Waals surface area contributed by atoms with Gasteiger partial charge in [0.25, 0.3) is 11.5 Å². The Morgan fingerprint density at radius 3 is 2.38 bits per heavy atom. The third kappa shape index (κ3) is 4.00. The van der Waals surface area contributed by atoms with E-state index in [4.69, 9.17) is 9.84 Å². The minimum Gasteiger partial charge on any atom is -0.506 e. The summed E-state index contributed by atoms with van der Waals surface area (Å²) < 4.78 is 33.1. The van der Waals surface area contributed by atoms with Gasteiger partial charge in [0.15, 0.2) is 0 Å². The van der Waals surface area contributed by atoms with Crippen molar-refractivity contribution in [2.24, 2.45) is 7.05 Å². The molecule has 0 atom stereocenters. The number of benzene rings is 2. The summed E-state index contributed by atoms with van der Waals surface area (Å²) in [6.07, 6.45) is 0. The number of halogens is 2. The molecule has 3 rings (SSSR count). The largest absolute Gasteiger partial charge is 0.506 e. The third-order valence-electron chi connectivity index (χ3n) is 4.04. The van der Waals surface area contributed by atoms with Gasteiger partial charge in [0.1, 0.15) is 41.0 Å². The van der Waals surface area contributed by atoms with Crippen molar-refractivity contribution in [3.05, 3.63) is 63.9 Å². The molecule has 0 unspecified atom stereocenters. The van der Waals surface area contributed by atoms with Crippen LogP contribution in [0.2, 0.25) is 0 Å². The molecule has 0 radical (unpaired) electrons. The molecule has 8 nitrogen and oxygen atoms in total. The molecule has 0 aliphatic heterocycles. The number of nitrogens with zero attached hydrogens (tertiary/aromatic N) is 1. The van der Waals surface area contributed by atoms with Gasteiger partial charge in [-0.3, -0.25) is 14.4 Å². The first-order valence-corrected chi connectivity index (χ1v) is 8.17. The van der Waals surface area contributed by atoms with Crippen LogP contribution in [-0.2, 0) is 11.8 Å². The van der Waals surface area contributed by atoms with E-state index >= 15 is 0 Å². The SMILES string of the molecule is Cn1c(=O)c(C(=O)NCC(=O)O)c(O)c2ccc(Oc3cc(F)cc(F)c3)cc21. The molecule has 150 valence electrons. The number of amides is 1. The molecule has 0 saturated carbocycles. The molecule has 3 aromatic rings. The van der Waals surface area contributed by atoms with Gasteiger partial charge in [-0.1, -0.05) is 0 Å². The first kappa shape index (κ1) is 19.8. The van der Waals surface area contributed by atoms with E-state index in [9.17, 15) is 28.3 Å². The number of aromatic hydroxyl groups is 1. The lowest BCUT2D eigenvalue weighted by Crippen LogP contribution is -2.35. The van der Waals surface area contributed by atoms with Crippen LogP contribution in [0.4, 0.5) is 8.78 Å². The van der Waals surface area contributed by atoms with Crippen LogP contribution in [0.5, 0.6) is 17.2 Å². The van der Waals surface area contributed by atoms with Crippen molar-refractivity contribution in [2.45, 2.75) is 0 Å². The van der Waals surface area contributed by atoms with Crippen LogP contribution in [0.25, 0.3) is 10.9 Å². The molecule has 0 fully saturated rings. The second kappa shape index (κ2) is 7.58. The van der Waals surface area contributed by atoms with Crippen molar-refractivity contribution < 1.29 is 33.3 Å². The fourth-order valence-electron chi connectivity index (χ4n) is 2.74. The van der Waals surface area contributed by atoms with Crippen LogP contribution in [-0.4, -0.2) is 33.2 Å². The molecule has 0 aliphatic carbocycles. The first-order valence-electron chi connectivity index (χ1n) is 8.17. The number of pyridine rings is 1. The van der Waals surface area contributed by atoms with Crippen LogP contribution in [0.3, 0.4) is 0 Å². The van der Waals surface area contributed by atoms with E-state index in [1.165, 1.54) is 25.2 Å². The number of nitrogens with one attached hydrogen (secondary N) is 1. The predicted octanol–water partition coefficient (Wildman–Crippen LogP) is 2.13. The molecule has 0 spiro atoms. The Morgan fingerprint density at radius 1 is 1.10 bits per heavy atom. The number of aromatic nitrogens is 1. The fourth-order valence-corrected chi connectivity index (χ4v) is 2.74. The Morgan fingerprint density at radius 2 is 1.76 bits per heavy atom. The van der Waals surface area contributed by atoms with Crippen LogP contribution in [0.1, 0.15) is 10.4 Å². The van der Waals surface area contributed by atoms with E-state index in [1.807, 2.05) is 5.32 Å². The van der Waals surface area contributed by atoms with Gasteiger partial charge in [0.2, 0.25) is 0 Å². The number of carboxylic acids is 1. The average Bonchev–Trinajstić information content (AvgIpc) is 2.64. The van der Waals surface area contributed by atoms with Gasteiger partial charge in [-0.2, -0.15) is 0 Å². The number of aryl methyl sites for hydroxylation is 1. The molecular formula is C19H14F2N2O6. The van der Waals surface area contributed by atoms with E-state index in [0.29, 0.717) is 6.07 Å². The lowest BCUT2D eigenvalue weighted by molar-refractivity contribution is -0.135. The highest BCUT2D eigenvalue weighted by molar-refractivity contribution is 6.03. The van der Waals surface area contributed by atoms with Gasteiger partial charge >= 0.3 is 5.97 Å². The standard InChI is InChI=1S/C19H14F2N2O6/c1-23-14-7-11(29-12-5-9(20)4-10(21)6-12)2-3-13(14)17(26)16(19(23)28)18(27)22-8-15(24)25/h2-7,26H,8H2,1H3,(H,22,27)(H,24,25). The zero-order valence-corrected chi connectivity index (χ0v) is 14.9. The van der Waals surface area contributed by atoms with Crippen LogP contribution >= 0.6 is 0 Å². The minimum absolute atomic E-state index is 0.110. The minimum atomic E-state index is -1.31. The molecule has 29 heavy (non-hydrogen) atoms. The number of fused-ring (bicyclic) bond motifs is 1. The van der Waals surface area contributed by atoms with Crippen LogP contribution < -0.4 is 15.6 Å². The number of carbonyl (C=O) groups is 2. The van der Waals surface area contributed by atoms with E-state index in [0.717, 1.165) is 16.7 Å². The molecular weight excluding hydrogens is 390 g/mol. The summed E-state index contributed by atoms with van der Waals surface area (Å²) in [5.74, 6) is -4.63. The number of aliphatic carboxylic acids is 1. The third-order valence-corrected chi connectivity index (χ3v) is 4.04. The predicted molar refractivity (Wildman–Crippen MR) is 97.3 cm³/mol. The summed E-state index contributed by atoms with van der Waals surface area (Å²) in [6, 6.07) is 6.70. The van der Waals surface area contributed by atoms with Crippen molar-refractivity contribution in [1.29, 1.82) is 0 Å². The summed E-state index contributed by atoms with van der Waals surface area (Å²) in [7, 11) is 1.34. The van der Waals surface area contributed by atoms with Crippen molar-refractivity contribution in [3.63, 3.8) is 0 Å². The first-order chi connectivity index (χ1) is 13.7. The number of hydrogen-bond donors (Lipinski definition) is 3. The highest BCUT2D eigenvalue weighted by atomic mass is 19.1. The van der Waals surface area contributed by atoms with Crippen molar-refractivity contribution in [1.82, 2.24) is 9.88 Å². The molecule has 3 N–H and O–H groups in total. The maximum Gasteiger partial charge on any atom is 0.322 e. The van der Waals surface area contributed by atoms with Gasteiger partial charge in [0, 0.05) is 36.7 Å². The second-order valence-electron chi connectivity index (χ2n) is 6.05. The normalized spacial score (nSPS) is 10.7. The average molecular weight is 404 g/mol. The topological polar surface area (TPSA) is 118 Å². The quantitative estimate of drug-likeness (QED) is 0.600. The Balaban J connectivity index is 2.05. The molecule has 1 heterocycles. The summed E-state index contributed by atoms with van der Waals surface area (Å²) in [5.41, 5.74) is -1.30. The maximum absolute atomic E-state index is 13.3. The number of rotatable bonds is 5. The summed E-state index contributed by atoms with van der Waals surface area (Å²) in [6.45, 7) is -0.726. The van der Waals surface area contributed by atoms with Gasteiger partial charge in [0.05, 0.1) is 5.52 Å². The highest BCUT2D eigenvalue weighted by Crippen LogP contribution is 2.31. The van der Waals surface area contributed by atoms with E-state index in [1.54, 1.807) is 0 Å². The van der Waals surface area contributed by atoms with Gasteiger partial charge in [-0.05, 0) is 12.1 Å². The lowest BCUT2D eigenvalue weighted by Gasteiger charge is -2.13. The summed E-state index contributed by atoms with van der Waals surface area (Å²) >= 11 is 0. The molecule has 2 aromatic carbocycles. The molecule has 0 aliphatic rings. The molecule has 0 saturated heterocycles. The zero-order chi connectivity index (χ0) is 21.3. The Hall–Kier alpha value is -3.95. The number of carbonyl (C=O) groups excluding carboxylic acids is 1. The van der Waals surface area contributed by atoms with E-state index in [2.05, 4.69) is 0 Å². The number of hydrogen-bond acceptors (Lipinski definition) is 5. The zero-order valence-electron chi connectivity index (χ0n) is 14.9. The Labute approximate surface area is 161 Å². The molecule has 1 aromatic heterocycles. The second-order valence-corrected chi connectivity index (χ2v) is 6.05. The van der Waals surface area contributed by atoms with E-state index in [-0.39, 0.29) is 22.4 Å². The lowest BCUT2D eigenvalue weighted by atomic mass is 10.1.